The molecule has 0 aromatic rings. The molecular weight excluding hydrogens is 442 g/mol. The van der Waals surface area contributed by atoms with Crippen LogP contribution < -0.4 is 3.64 Å². The Balaban J connectivity index is 1.59. The minimum atomic E-state index is 0.952. The van der Waals surface area contributed by atoms with Gasteiger partial charge in [-0.3, -0.25) is 0 Å². The van der Waals surface area contributed by atoms with E-state index in [2.05, 4.69) is 62.4 Å². The zero-order valence-corrected chi connectivity index (χ0v) is 14.6. The Hall–Kier alpha value is 1.30. The molecular formula is C11H22I2N4. The first-order chi connectivity index (χ1) is 8.28. The van der Waals surface area contributed by atoms with Crippen molar-refractivity contribution in [1.29, 1.82) is 0 Å². The maximum Gasteiger partial charge on any atom is 0.0336 e. The number of piperidine rings is 1. The van der Waals surface area contributed by atoms with E-state index < -0.39 is 0 Å². The number of piperazine rings is 1. The summed E-state index contributed by atoms with van der Waals surface area (Å²) >= 11 is 4.67. The van der Waals surface area contributed by atoms with E-state index in [-0.39, 0.29) is 0 Å². The number of hydrazine groups is 1. The van der Waals surface area contributed by atoms with Crippen molar-refractivity contribution >= 4 is 45.7 Å². The van der Waals surface area contributed by atoms with Crippen LogP contribution in [0.3, 0.4) is 0 Å². The fourth-order valence-electron chi connectivity index (χ4n) is 2.62. The predicted octanol–water partition coefficient (Wildman–Crippen LogP) is 1.91. The monoisotopic (exact) mass is 464 g/mol. The lowest BCUT2D eigenvalue weighted by molar-refractivity contribution is 0.145. The number of rotatable bonds is 4. The zero-order chi connectivity index (χ0) is 12.1. The maximum absolute atomic E-state index is 3.22. The van der Waals surface area contributed by atoms with Crippen LogP contribution in [0.2, 0.25) is 0 Å². The molecule has 0 amide bonds. The fraction of sp³-hybridized carbons (Fsp3) is 1.00. The first-order valence-electron chi connectivity index (χ1n) is 6.52. The molecule has 0 aromatic carbocycles. The summed E-state index contributed by atoms with van der Waals surface area (Å²) in [6, 6.07) is 0. The zero-order valence-electron chi connectivity index (χ0n) is 10.2. The quantitative estimate of drug-likeness (QED) is 0.507. The molecule has 0 bridgehead atoms. The molecule has 2 rings (SSSR count). The van der Waals surface area contributed by atoms with Crippen LogP contribution in [0.4, 0.5) is 0 Å². The molecule has 0 spiro atoms. The Bertz CT molecular complexity index is 214. The van der Waals surface area contributed by atoms with E-state index in [1.165, 1.54) is 65.1 Å². The van der Waals surface area contributed by atoms with Gasteiger partial charge in [0.25, 0.3) is 0 Å². The summed E-state index contributed by atoms with van der Waals surface area (Å²) in [5, 5.41) is 2.33. The van der Waals surface area contributed by atoms with E-state index in [1.807, 2.05) is 0 Å². The van der Waals surface area contributed by atoms with Crippen molar-refractivity contribution in [1.82, 2.24) is 16.7 Å². The van der Waals surface area contributed by atoms with Gasteiger partial charge >= 0.3 is 0 Å². The largest absolute Gasteiger partial charge is 0.301 e. The second kappa shape index (κ2) is 7.78. The van der Waals surface area contributed by atoms with Crippen LogP contribution in [-0.2, 0) is 0 Å². The maximum atomic E-state index is 3.22. The van der Waals surface area contributed by atoms with Gasteiger partial charge in [-0.2, -0.15) is 3.64 Å². The van der Waals surface area contributed by atoms with E-state index in [1.54, 1.807) is 0 Å². The van der Waals surface area contributed by atoms with Gasteiger partial charge < -0.3 is 4.90 Å². The third kappa shape index (κ3) is 5.06. The lowest BCUT2D eigenvalue weighted by Crippen LogP contribution is -2.43. The summed E-state index contributed by atoms with van der Waals surface area (Å²) < 4.78 is 5.62. The highest BCUT2D eigenvalue weighted by molar-refractivity contribution is 14.1. The standard InChI is InChI=1S/C11H22I2N4/c12-14-17-5-2-11(3-6-17)1-4-15-7-9-16(13)10-8-15/h11,14H,1-10H2. The topological polar surface area (TPSA) is 21.8 Å². The van der Waals surface area contributed by atoms with Crippen molar-refractivity contribution in [3.8, 4) is 0 Å². The molecule has 2 heterocycles. The summed E-state index contributed by atoms with van der Waals surface area (Å²) in [5.74, 6) is 0.952. The van der Waals surface area contributed by atoms with Gasteiger partial charge in [-0.1, -0.05) is 0 Å². The van der Waals surface area contributed by atoms with Crippen molar-refractivity contribution in [3.05, 3.63) is 0 Å². The molecule has 2 fully saturated rings. The van der Waals surface area contributed by atoms with Crippen LogP contribution in [0, 0.1) is 5.92 Å². The molecule has 0 aromatic heterocycles. The molecule has 0 unspecified atom stereocenters. The first kappa shape index (κ1) is 14.7. The summed E-state index contributed by atoms with van der Waals surface area (Å²) in [5.41, 5.74) is 0. The van der Waals surface area contributed by atoms with Gasteiger partial charge in [0.1, 0.15) is 0 Å². The van der Waals surface area contributed by atoms with Crippen LogP contribution in [0.1, 0.15) is 19.3 Å². The van der Waals surface area contributed by atoms with Crippen molar-refractivity contribution in [2.75, 3.05) is 45.8 Å². The Kier molecular flexibility index (Phi) is 6.73. The molecule has 4 nitrogen and oxygen atoms in total. The average molecular weight is 464 g/mol. The minimum Gasteiger partial charge on any atom is -0.301 e. The van der Waals surface area contributed by atoms with Crippen molar-refractivity contribution < 1.29 is 0 Å². The number of halogens is 2. The van der Waals surface area contributed by atoms with E-state index >= 15 is 0 Å². The second-order valence-corrected chi connectivity index (χ2v) is 6.90. The summed E-state index contributed by atoms with van der Waals surface area (Å²) in [4.78, 5) is 2.64. The first-order valence-corrected chi connectivity index (χ1v) is 8.56. The molecule has 2 aliphatic rings. The van der Waals surface area contributed by atoms with Gasteiger partial charge in [0.2, 0.25) is 0 Å². The minimum absolute atomic E-state index is 0.952. The van der Waals surface area contributed by atoms with Crippen molar-refractivity contribution in [2.24, 2.45) is 5.92 Å². The van der Waals surface area contributed by atoms with Gasteiger partial charge in [0.15, 0.2) is 0 Å². The Labute approximate surface area is 132 Å². The molecule has 0 saturated carbocycles. The SMILES string of the molecule is INN1CCC(CCN2CCN(I)CC2)CC1. The van der Waals surface area contributed by atoms with Gasteiger partial charge in [-0.25, -0.2) is 8.12 Å². The molecule has 0 radical (unpaired) electrons. The molecule has 2 saturated heterocycles. The van der Waals surface area contributed by atoms with Gasteiger partial charge in [0.05, 0.1) is 0 Å². The molecule has 0 atom stereocenters. The van der Waals surface area contributed by atoms with E-state index in [9.17, 15) is 0 Å². The fourth-order valence-corrected chi connectivity index (χ4v) is 3.53. The summed E-state index contributed by atoms with van der Waals surface area (Å²) in [7, 11) is 0. The number of hydrogen-bond donors (Lipinski definition) is 1. The highest BCUT2D eigenvalue weighted by Gasteiger charge is 2.20. The summed E-state index contributed by atoms with van der Waals surface area (Å²) in [6.45, 7) is 8.74. The van der Waals surface area contributed by atoms with Crippen LogP contribution in [0.5, 0.6) is 0 Å². The van der Waals surface area contributed by atoms with Crippen molar-refractivity contribution in [3.63, 3.8) is 0 Å². The molecule has 6 heteroatoms. The smallest absolute Gasteiger partial charge is 0.0336 e. The van der Waals surface area contributed by atoms with Crippen LogP contribution in [0.25, 0.3) is 0 Å². The predicted molar refractivity (Wildman–Crippen MR) is 88.1 cm³/mol. The van der Waals surface area contributed by atoms with Crippen LogP contribution in [0.15, 0.2) is 0 Å². The number of hydrogen-bond acceptors (Lipinski definition) is 4. The van der Waals surface area contributed by atoms with Crippen LogP contribution in [-0.4, -0.2) is 58.8 Å². The van der Waals surface area contributed by atoms with Crippen molar-refractivity contribution in [2.45, 2.75) is 19.3 Å². The molecule has 2 aliphatic heterocycles. The third-order valence-corrected chi connectivity index (χ3v) is 5.55. The lowest BCUT2D eigenvalue weighted by Gasteiger charge is -2.34. The van der Waals surface area contributed by atoms with E-state index in [4.69, 9.17) is 0 Å². The molecule has 0 aliphatic carbocycles. The van der Waals surface area contributed by atoms with E-state index in [0.717, 1.165) is 5.92 Å². The Morgan fingerprint density at radius 2 is 1.65 bits per heavy atom. The highest BCUT2D eigenvalue weighted by Crippen LogP contribution is 2.20. The third-order valence-electron chi connectivity index (χ3n) is 3.91. The normalized spacial score (nSPS) is 26.5. The Morgan fingerprint density at radius 3 is 2.24 bits per heavy atom. The second-order valence-electron chi connectivity index (χ2n) is 5.06. The summed E-state index contributed by atoms with van der Waals surface area (Å²) in [6.07, 6.45) is 4.13. The lowest BCUT2D eigenvalue weighted by atomic mass is 9.94. The van der Waals surface area contributed by atoms with Gasteiger partial charge in [-0.05, 0) is 31.7 Å². The van der Waals surface area contributed by atoms with E-state index in [0.29, 0.717) is 0 Å². The highest BCUT2D eigenvalue weighted by atomic mass is 127. The molecule has 1 N–H and O–H groups in total. The number of nitrogens with one attached hydrogen (secondary N) is 1. The van der Waals surface area contributed by atoms with Gasteiger partial charge in [-0.15, -0.1) is 0 Å². The number of nitrogens with zero attached hydrogens (tertiary/aromatic N) is 3. The van der Waals surface area contributed by atoms with Crippen LogP contribution >= 0.6 is 45.7 Å². The molecule has 100 valence electrons. The van der Waals surface area contributed by atoms with Gasteiger partial charge in [0, 0.05) is 85.0 Å². The molecule has 17 heavy (non-hydrogen) atoms. The average Bonchev–Trinajstić information content (AvgIpc) is 2.39. The Morgan fingerprint density at radius 1 is 1.00 bits per heavy atom.